The van der Waals surface area contributed by atoms with Gasteiger partial charge in [-0.3, -0.25) is 10.2 Å². The summed E-state index contributed by atoms with van der Waals surface area (Å²) in [5.41, 5.74) is 5.41. The Bertz CT molecular complexity index is 735. The van der Waals surface area contributed by atoms with E-state index in [-0.39, 0.29) is 12.4 Å². The molecule has 2 N–H and O–H groups in total. The SMILES string of the molecule is CSc1ncc(C(=O)NNC(=O)OCCc2cccc(F)c2)n1C. The van der Waals surface area contributed by atoms with Crippen molar-refractivity contribution >= 4 is 23.8 Å². The first-order valence-corrected chi connectivity index (χ1v) is 8.27. The van der Waals surface area contributed by atoms with Crippen molar-refractivity contribution in [3.05, 3.63) is 47.5 Å². The van der Waals surface area contributed by atoms with E-state index < -0.39 is 12.0 Å². The third kappa shape index (κ3) is 4.72. The molecule has 9 heteroatoms. The van der Waals surface area contributed by atoms with E-state index in [4.69, 9.17) is 4.74 Å². The van der Waals surface area contributed by atoms with E-state index in [0.717, 1.165) is 0 Å². The van der Waals surface area contributed by atoms with Crippen LogP contribution in [0.4, 0.5) is 9.18 Å². The number of thioether (sulfide) groups is 1. The van der Waals surface area contributed by atoms with Gasteiger partial charge in [0, 0.05) is 13.5 Å². The van der Waals surface area contributed by atoms with E-state index >= 15 is 0 Å². The van der Waals surface area contributed by atoms with Gasteiger partial charge in [0.05, 0.1) is 12.8 Å². The highest BCUT2D eigenvalue weighted by Gasteiger charge is 2.14. The highest BCUT2D eigenvalue weighted by Crippen LogP contribution is 2.13. The topological polar surface area (TPSA) is 85.2 Å². The van der Waals surface area contributed by atoms with Gasteiger partial charge in [0.25, 0.3) is 5.91 Å². The number of benzene rings is 1. The van der Waals surface area contributed by atoms with E-state index in [0.29, 0.717) is 22.8 Å². The molecule has 0 fully saturated rings. The molecule has 2 amide bonds. The van der Waals surface area contributed by atoms with Crippen LogP contribution in [0.25, 0.3) is 0 Å². The minimum absolute atomic E-state index is 0.0630. The van der Waals surface area contributed by atoms with Crippen LogP contribution in [0.15, 0.2) is 35.6 Å². The van der Waals surface area contributed by atoms with E-state index in [2.05, 4.69) is 15.8 Å². The molecule has 1 aromatic carbocycles. The fourth-order valence-corrected chi connectivity index (χ4v) is 2.49. The maximum atomic E-state index is 13.0. The van der Waals surface area contributed by atoms with E-state index in [1.807, 2.05) is 6.26 Å². The highest BCUT2D eigenvalue weighted by atomic mass is 32.2. The summed E-state index contributed by atoms with van der Waals surface area (Å²) in [5.74, 6) is -0.850. The Labute approximate surface area is 142 Å². The number of nitrogens with zero attached hydrogens (tertiary/aromatic N) is 2. The number of imidazole rings is 1. The fourth-order valence-electron chi connectivity index (χ4n) is 1.96. The summed E-state index contributed by atoms with van der Waals surface area (Å²) in [5, 5.41) is 0.679. The first kappa shape index (κ1) is 17.8. The normalized spacial score (nSPS) is 10.3. The van der Waals surface area contributed by atoms with Gasteiger partial charge in [0.15, 0.2) is 5.16 Å². The monoisotopic (exact) mass is 352 g/mol. The van der Waals surface area contributed by atoms with Crippen LogP contribution in [0.3, 0.4) is 0 Å². The molecule has 0 atom stereocenters. The van der Waals surface area contributed by atoms with Crippen molar-refractivity contribution in [2.45, 2.75) is 11.6 Å². The van der Waals surface area contributed by atoms with Crippen molar-refractivity contribution in [1.29, 1.82) is 0 Å². The molecule has 0 saturated carbocycles. The van der Waals surface area contributed by atoms with Crippen LogP contribution < -0.4 is 10.9 Å². The summed E-state index contributed by atoms with van der Waals surface area (Å²) < 4.78 is 19.5. The van der Waals surface area contributed by atoms with Crippen molar-refractivity contribution in [2.75, 3.05) is 12.9 Å². The molecular weight excluding hydrogens is 335 g/mol. The third-order valence-corrected chi connectivity index (χ3v) is 3.90. The second-order valence-corrected chi connectivity index (χ2v) is 5.56. The number of hydrogen-bond acceptors (Lipinski definition) is 5. The van der Waals surface area contributed by atoms with Gasteiger partial charge in [-0.1, -0.05) is 23.9 Å². The van der Waals surface area contributed by atoms with Gasteiger partial charge in [-0.2, -0.15) is 0 Å². The van der Waals surface area contributed by atoms with Crippen molar-refractivity contribution in [1.82, 2.24) is 20.4 Å². The van der Waals surface area contributed by atoms with Gasteiger partial charge in [0.1, 0.15) is 11.5 Å². The Morgan fingerprint density at radius 2 is 2.17 bits per heavy atom. The van der Waals surface area contributed by atoms with Crippen LogP contribution >= 0.6 is 11.8 Å². The summed E-state index contributed by atoms with van der Waals surface area (Å²) in [4.78, 5) is 27.5. The molecule has 0 saturated heterocycles. The Balaban J connectivity index is 1.74. The highest BCUT2D eigenvalue weighted by molar-refractivity contribution is 7.98. The minimum Gasteiger partial charge on any atom is -0.448 e. The smallest absolute Gasteiger partial charge is 0.426 e. The zero-order valence-corrected chi connectivity index (χ0v) is 14.0. The minimum atomic E-state index is -0.799. The van der Waals surface area contributed by atoms with Crippen molar-refractivity contribution in [3.8, 4) is 0 Å². The number of nitrogens with one attached hydrogen (secondary N) is 2. The van der Waals surface area contributed by atoms with Gasteiger partial charge in [-0.25, -0.2) is 19.6 Å². The summed E-state index contributed by atoms with van der Waals surface area (Å²) in [6.07, 6.45) is 2.83. The number of carbonyl (C=O) groups excluding carboxylic acids is 2. The number of halogens is 1. The molecule has 128 valence electrons. The Hall–Kier alpha value is -2.55. The molecule has 7 nitrogen and oxygen atoms in total. The maximum Gasteiger partial charge on any atom is 0.426 e. The van der Waals surface area contributed by atoms with Crippen LogP contribution in [-0.2, 0) is 18.2 Å². The first-order valence-electron chi connectivity index (χ1n) is 7.04. The summed E-state index contributed by atoms with van der Waals surface area (Å²) in [6, 6.07) is 6.03. The molecule has 24 heavy (non-hydrogen) atoms. The van der Waals surface area contributed by atoms with E-state index in [9.17, 15) is 14.0 Å². The van der Waals surface area contributed by atoms with Crippen molar-refractivity contribution < 1.29 is 18.7 Å². The number of rotatable bonds is 5. The molecule has 0 aliphatic rings. The van der Waals surface area contributed by atoms with Crippen molar-refractivity contribution in [3.63, 3.8) is 0 Å². The molecule has 0 aliphatic carbocycles. The van der Waals surface area contributed by atoms with E-state index in [1.165, 1.54) is 30.1 Å². The lowest BCUT2D eigenvalue weighted by atomic mass is 10.2. The lowest BCUT2D eigenvalue weighted by molar-refractivity contribution is 0.0901. The number of aromatic nitrogens is 2. The second kappa shape index (κ2) is 8.34. The standard InChI is InChI=1S/C15H17FN4O3S/c1-20-12(9-17-14(20)24-2)13(21)18-19-15(22)23-7-6-10-4-3-5-11(16)8-10/h3-5,8-9H,6-7H2,1-2H3,(H,18,21)(H,19,22). The summed E-state index contributed by atoms with van der Waals surface area (Å²) >= 11 is 1.40. The fraction of sp³-hybridized carbons (Fsp3) is 0.267. The van der Waals surface area contributed by atoms with Crippen LogP contribution in [0.1, 0.15) is 16.1 Å². The molecule has 1 heterocycles. The molecule has 2 aromatic rings. The molecule has 0 radical (unpaired) electrons. The van der Waals surface area contributed by atoms with Crippen LogP contribution in [-0.4, -0.2) is 34.4 Å². The van der Waals surface area contributed by atoms with Gasteiger partial charge in [-0.05, 0) is 24.0 Å². The molecule has 0 aliphatic heterocycles. The zero-order valence-electron chi connectivity index (χ0n) is 13.2. The predicted molar refractivity (Wildman–Crippen MR) is 87.0 cm³/mol. The number of carbonyl (C=O) groups is 2. The van der Waals surface area contributed by atoms with Gasteiger partial charge in [-0.15, -0.1) is 0 Å². The molecular formula is C15H17FN4O3S. The van der Waals surface area contributed by atoms with E-state index in [1.54, 1.807) is 23.7 Å². The molecule has 1 aromatic heterocycles. The Morgan fingerprint density at radius 3 is 2.83 bits per heavy atom. The molecule has 2 rings (SSSR count). The van der Waals surface area contributed by atoms with Gasteiger partial charge in [0.2, 0.25) is 0 Å². The number of ether oxygens (including phenoxy) is 1. The predicted octanol–water partition coefficient (Wildman–Crippen LogP) is 1.89. The van der Waals surface area contributed by atoms with Crippen LogP contribution in [0.2, 0.25) is 0 Å². The Kier molecular flexibility index (Phi) is 6.19. The lowest BCUT2D eigenvalue weighted by Gasteiger charge is -2.09. The number of hydrazine groups is 1. The second-order valence-electron chi connectivity index (χ2n) is 4.78. The summed E-state index contributed by atoms with van der Waals surface area (Å²) in [7, 11) is 1.70. The van der Waals surface area contributed by atoms with Crippen LogP contribution in [0, 0.1) is 5.82 Å². The van der Waals surface area contributed by atoms with Crippen LogP contribution in [0.5, 0.6) is 0 Å². The van der Waals surface area contributed by atoms with Gasteiger partial charge >= 0.3 is 6.09 Å². The summed E-state index contributed by atoms with van der Waals surface area (Å²) in [6.45, 7) is 0.0630. The zero-order chi connectivity index (χ0) is 17.5. The number of amides is 2. The first-order chi connectivity index (χ1) is 11.5. The number of hydrogen-bond donors (Lipinski definition) is 2. The largest absolute Gasteiger partial charge is 0.448 e. The molecule has 0 spiro atoms. The lowest BCUT2D eigenvalue weighted by Crippen LogP contribution is -2.42. The molecule has 0 unspecified atom stereocenters. The quantitative estimate of drug-likeness (QED) is 0.634. The van der Waals surface area contributed by atoms with Gasteiger partial charge < -0.3 is 9.30 Å². The maximum absolute atomic E-state index is 13.0. The third-order valence-electron chi connectivity index (χ3n) is 3.15. The van der Waals surface area contributed by atoms with Crippen molar-refractivity contribution in [2.24, 2.45) is 7.05 Å². The molecule has 0 bridgehead atoms. The Morgan fingerprint density at radius 1 is 1.38 bits per heavy atom. The average molecular weight is 352 g/mol. The average Bonchev–Trinajstić information content (AvgIpc) is 2.93.